The Kier molecular flexibility index (Phi) is 7.41. The zero-order chi connectivity index (χ0) is 20.0. The average molecular weight is 447 g/mol. The largest absolute Gasteiger partial charge is 1.00 e. The fourth-order valence-corrected chi connectivity index (χ4v) is 5.12. The molecule has 0 bridgehead atoms. The zero-order valence-electron chi connectivity index (χ0n) is 14.5. The van der Waals surface area contributed by atoms with E-state index in [2.05, 4.69) is 19.5 Å². The molecule has 0 amide bonds. The standard InChI is InChI=1S/C11H17N5O9P2.Na/c12-9-6-10(14-2-13-9)16(3-15-6)11-8(18)7(17)5(25-11)1-24-27(22,23)4-26(19,20)21;/h2-3,5,7-8,11,17-18H,1,4H2,(H,22,23)(H2,12,13,14)(H2,19,20,21);/q;+1/p-1. The second kappa shape index (κ2) is 8.72. The van der Waals surface area contributed by atoms with Gasteiger partial charge in [0.05, 0.1) is 12.9 Å². The van der Waals surface area contributed by atoms with Crippen molar-refractivity contribution in [1.29, 1.82) is 0 Å². The van der Waals surface area contributed by atoms with Gasteiger partial charge in [-0.15, -0.1) is 0 Å². The van der Waals surface area contributed by atoms with E-state index < -0.39 is 52.2 Å². The Hall–Kier alpha value is -0.470. The van der Waals surface area contributed by atoms with Gasteiger partial charge in [-0.25, -0.2) is 15.0 Å². The first-order valence-corrected chi connectivity index (χ1v) is 10.9. The van der Waals surface area contributed by atoms with Gasteiger partial charge in [0.25, 0.3) is 0 Å². The Morgan fingerprint density at radius 3 is 2.57 bits per heavy atom. The molecule has 17 heteroatoms. The molecule has 1 aliphatic rings. The Morgan fingerprint density at radius 2 is 1.93 bits per heavy atom. The van der Waals surface area contributed by atoms with Crippen LogP contribution in [0.4, 0.5) is 5.82 Å². The molecule has 14 nitrogen and oxygen atoms in total. The fourth-order valence-electron chi connectivity index (χ4n) is 2.61. The van der Waals surface area contributed by atoms with E-state index in [0.29, 0.717) is 0 Å². The second-order valence-electron chi connectivity index (χ2n) is 5.84. The van der Waals surface area contributed by atoms with Crippen LogP contribution in [0.15, 0.2) is 12.7 Å². The minimum Gasteiger partial charge on any atom is -0.778 e. The van der Waals surface area contributed by atoms with Gasteiger partial charge in [-0.1, -0.05) is 0 Å². The number of nitrogen functional groups attached to an aromatic ring is 1. The predicted octanol–water partition coefficient (Wildman–Crippen LogP) is -5.26. The molecule has 3 heterocycles. The third kappa shape index (κ3) is 5.17. The topological polar surface area (TPSA) is 226 Å². The summed E-state index contributed by atoms with van der Waals surface area (Å²) < 4.78 is 33.7. The van der Waals surface area contributed by atoms with Gasteiger partial charge >= 0.3 is 37.2 Å². The Bertz CT molecular complexity index is 938. The summed E-state index contributed by atoms with van der Waals surface area (Å²) in [5.74, 6) is -1.39. The maximum Gasteiger partial charge on any atom is 1.00 e. The molecule has 1 fully saturated rings. The fraction of sp³-hybridized carbons (Fsp3) is 0.545. The molecular formula is C11H16N5NaO9P2. The molecule has 0 saturated carbocycles. The molecule has 6 N–H and O–H groups in total. The number of fused-ring (bicyclic) bond motifs is 1. The van der Waals surface area contributed by atoms with Crippen LogP contribution in [-0.4, -0.2) is 70.3 Å². The normalized spacial score (nSPS) is 29.2. The zero-order valence-corrected chi connectivity index (χ0v) is 18.3. The molecule has 0 spiro atoms. The number of aromatic nitrogens is 4. The Morgan fingerprint density at radius 1 is 1.25 bits per heavy atom. The van der Waals surface area contributed by atoms with Crippen molar-refractivity contribution in [3.8, 4) is 0 Å². The number of aliphatic hydroxyl groups is 2. The van der Waals surface area contributed by atoms with Gasteiger partial charge in [-0.05, 0) is 0 Å². The number of ether oxygens (including phenoxy) is 1. The number of aliphatic hydroxyl groups excluding tert-OH is 2. The first-order valence-electron chi connectivity index (χ1n) is 7.42. The van der Waals surface area contributed by atoms with Gasteiger partial charge in [0.2, 0.25) is 0 Å². The summed E-state index contributed by atoms with van der Waals surface area (Å²) in [6, 6.07) is 0. The molecule has 6 atom stereocenters. The number of imidazole rings is 1. The summed E-state index contributed by atoms with van der Waals surface area (Å²) in [5.41, 5.74) is 6.15. The molecule has 1 aliphatic heterocycles. The van der Waals surface area contributed by atoms with Crippen LogP contribution in [0.2, 0.25) is 0 Å². The average Bonchev–Trinajstić information content (AvgIpc) is 3.07. The third-order valence-corrected chi connectivity index (χ3v) is 7.21. The number of hydrogen-bond donors (Lipinski definition) is 5. The van der Waals surface area contributed by atoms with Gasteiger partial charge in [0, 0.05) is 0 Å². The summed E-state index contributed by atoms with van der Waals surface area (Å²) in [5, 5.41) is 20.3. The van der Waals surface area contributed by atoms with Gasteiger partial charge in [0.1, 0.15) is 43.7 Å². The van der Waals surface area contributed by atoms with Crippen LogP contribution >= 0.6 is 15.2 Å². The molecular weight excluding hydrogens is 431 g/mol. The van der Waals surface area contributed by atoms with Crippen LogP contribution < -0.4 is 40.2 Å². The van der Waals surface area contributed by atoms with E-state index in [4.69, 9.17) is 15.4 Å². The van der Waals surface area contributed by atoms with E-state index in [1.54, 1.807) is 0 Å². The van der Waals surface area contributed by atoms with Crippen LogP contribution in [0.3, 0.4) is 0 Å². The second-order valence-corrected chi connectivity index (χ2v) is 9.78. The Labute approximate surface area is 179 Å². The van der Waals surface area contributed by atoms with Gasteiger partial charge in [0.15, 0.2) is 17.7 Å². The SMILES string of the molecule is Nc1ncnc2c1ncn2C1OC(COP(=O)(O)CP(=O)([O-])O)C(O)C1O.[Na+]. The van der Waals surface area contributed by atoms with Crippen LogP contribution in [0, 0.1) is 0 Å². The number of anilines is 1. The summed E-state index contributed by atoms with van der Waals surface area (Å²) in [7, 11) is -9.73. The van der Waals surface area contributed by atoms with Gasteiger partial charge in [-0.2, -0.15) is 0 Å². The summed E-state index contributed by atoms with van der Waals surface area (Å²) in [6.45, 7) is -0.716. The maximum absolute atomic E-state index is 11.7. The molecule has 150 valence electrons. The molecule has 0 aromatic carbocycles. The van der Waals surface area contributed by atoms with Crippen molar-refractivity contribution < 1.29 is 72.8 Å². The summed E-state index contributed by atoms with van der Waals surface area (Å²) in [6.07, 6.45) is -3.02. The number of nitrogens with zero attached hydrogens (tertiary/aromatic N) is 4. The minimum absolute atomic E-state index is 0. The smallest absolute Gasteiger partial charge is 0.778 e. The monoisotopic (exact) mass is 447 g/mol. The molecule has 0 aliphatic carbocycles. The molecule has 1 saturated heterocycles. The van der Waals surface area contributed by atoms with E-state index in [1.807, 2.05) is 0 Å². The van der Waals surface area contributed by atoms with Gasteiger partial charge < -0.3 is 44.5 Å². The summed E-state index contributed by atoms with van der Waals surface area (Å²) >= 11 is 0. The number of nitrogens with two attached hydrogens (primary N) is 1. The van der Waals surface area contributed by atoms with Crippen molar-refractivity contribution in [2.24, 2.45) is 0 Å². The van der Waals surface area contributed by atoms with E-state index >= 15 is 0 Å². The van der Waals surface area contributed by atoms with Crippen LogP contribution in [0.5, 0.6) is 0 Å². The predicted molar refractivity (Wildman–Crippen MR) is 86.1 cm³/mol. The minimum atomic E-state index is -5.04. The molecule has 6 unspecified atom stereocenters. The van der Waals surface area contributed by atoms with Crippen molar-refractivity contribution >= 4 is 32.2 Å². The van der Waals surface area contributed by atoms with Crippen molar-refractivity contribution in [3.05, 3.63) is 12.7 Å². The Balaban J connectivity index is 0.00000280. The molecule has 0 radical (unpaired) electrons. The molecule has 3 rings (SSSR count). The first kappa shape index (κ1) is 23.8. The third-order valence-electron chi connectivity index (χ3n) is 3.80. The molecule has 28 heavy (non-hydrogen) atoms. The molecule has 2 aromatic rings. The van der Waals surface area contributed by atoms with E-state index in [0.717, 1.165) is 0 Å². The van der Waals surface area contributed by atoms with E-state index in [1.165, 1.54) is 17.2 Å². The van der Waals surface area contributed by atoms with Crippen molar-refractivity contribution in [2.75, 3.05) is 18.2 Å². The van der Waals surface area contributed by atoms with Crippen LogP contribution in [0.25, 0.3) is 11.2 Å². The quantitative estimate of drug-likeness (QED) is 0.206. The van der Waals surface area contributed by atoms with Crippen molar-refractivity contribution in [3.63, 3.8) is 0 Å². The van der Waals surface area contributed by atoms with Crippen LogP contribution in [-0.2, 0) is 18.4 Å². The number of hydrogen-bond acceptors (Lipinski definition) is 11. The van der Waals surface area contributed by atoms with E-state index in [-0.39, 0.29) is 46.5 Å². The van der Waals surface area contributed by atoms with Gasteiger partial charge in [-0.3, -0.25) is 9.13 Å². The number of rotatable bonds is 6. The first-order chi connectivity index (χ1) is 12.5. The maximum atomic E-state index is 11.7. The van der Waals surface area contributed by atoms with Crippen LogP contribution in [0.1, 0.15) is 6.23 Å². The van der Waals surface area contributed by atoms with Crippen molar-refractivity contribution in [2.45, 2.75) is 24.5 Å². The molecule has 2 aromatic heterocycles. The van der Waals surface area contributed by atoms with Crippen molar-refractivity contribution in [1.82, 2.24) is 19.5 Å². The summed E-state index contributed by atoms with van der Waals surface area (Å²) in [4.78, 5) is 40.6. The van der Waals surface area contributed by atoms with E-state index in [9.17, 15) is 29.1 Å².